The number of carboxylic acids is 1. The number of nitrogens with one attached hydrogen (secondary N) is 2. The molecule has 0 aliphatic carbocycles. The second-order valence-electron chi connectivity index (χ2n) is 13.8. The van der Waals surface area contributed by atoms with Crippen LogP contribution in [0.2, 0.25) is 0 Å². The average molecular weight is 729 g/mol. The van der Waals surface area contributed by atoms with Crippen LogP contribution in [0.15, 0.2) is 78.9 Å². The number of anilines is 2. The Bertz CT molecular complexity index is 1530. The highest BCUT2D eigenvalue weighted by molar-refractivity contribution is 6.11. The van der Waals surface area contributed by atoms with Gasteiger partial charge in [-0.25, -0.2) is 0 Å². The average Bonchev–Trinajstić information content (AvgIpc) is 3.46. The molecule has 53 heavy (non-hydrogen) atoms. The Kier molecular flexibility index (Phi) is 20.2. The van der Waals surface area contributed by atoms with E-state index >= 15 is 0 Å². The number of hydrogen-bond acceptors (Lipinski definition) is 7. The number of aliphatic carboxylic acids is 1. The first-order valence-electron chi connectivity index (χ1n) is 19.3. The number of unbranched alkanes of at least 4 members (excludes halogenated alkanes) is 14. The van der Waals surface area contributed by atoms with Gasteiger partial charge in [-0.05, 0) is 43.5 Å². The van der Waals surface area contributed by atoms with Gasteiger partial charge in [0.25, 0.3) is 0 Å². The zero-order valence-corrected chi connectivity index (χ0v) is 30.9. The van der Waals surface area contributed by atoms with Crippen molar-refractivity contribution in [1.29, 1.82) is 0 Å². The molecule has 0 bridgehead atoms. The van der Waals surface area contributed by atoms with Gasteiger partial charge in [0.1, 0.15) is 0 Å². The molecule has 3 rings (SSSR count). The lowest BCUT2D eigenvalue weighted by molar-refractivity contribution is -0.153. The van der Waals surface area contributed by atoms with Gasteiger partial charge < -0.3 is 20.5 Å². The number of carboxylic acid groups (broad SMARTS) is 1. The quantitative estimate of drug-likeness (QED) is 0.0270. The van der Waals surface area contributed by atoms with Crippen LogP contribution in [0.4, 0.5) is 11.4 Å². The molecule has 10 nitrogen and oxygen atoms in total. The lowest BCUT2D eigenvalue weighted by atomic mass is 9.98. The van der Waals surface area contributed by atoms with E-state index in [-0.39, 0.29) is 42.7 Å². The number of ketones is 1. The van der Waals surface area contributed by atoms with Crippen LogP contribution in [0.5, 0.6) is 0 Å². The molecule has 2 unspecified atom stereocenters. The SMILES string of the molecule is O=C(CC(=O)c1cccc(NC(=O)CC(C=CC=CCCCCCCCCCCCCCCCCC2CC(=O)OC2=O)C(=O)O)c1)Nc1ccccc1. The molecular weight excluding hydrogens is 672 g/mol. The van der Waals surface area contributed by atoms with Crippen molar-refractivity contribution in [2.75, 3.05) is 10.6 Å². The summed E-state index contributed by atoms with van der Waals surface area (Å²) in [5.74, 6) is -4.37. The van der Waals surface area contributed by atoms with E-state index in [1.54, 1.807) is 48.5 Å². The molecule has 2 amide bonds. The van der Waals surface area contributed by atoms with Crippen LogP contribution in [0.25, 0.3) is 0 Å². The third-order valence-electron chi connectivity index (χ3n) is 9.29. The predicted octanol–water partition coefficient (Wildman–Crippen LogP) is 9.37. The van der Waals surface area contributed by atoms with Crippen molar-refractivity contribution in [2.24, 2.45) is 11.8 Å². The number of esters is 2. The van der Waals surface area contributed by atoms with E-state index in [9.17, 15) is 33.9 Å². The van der Waals surface area contributed by atoms with Crippen molar-refractivity contribution in [1.82, 2.24) is 0 Å². The van der Waals surface area contributed by atoms with E-state index in [1.807, 2.05) is 18.2 Å². The molecule has 1 aliphatic rings. The molecular formula is C43H56N2O8. The molecule has 2 aromatic carbocycles. The maximum absolute atomic E-state index is 12.7. The first kappa shape index (κ1) is 42.6. The van der Waals surface area contributed by atoms with E-state index in [4.69, 9.17) is 0 Å². The van der Waals surface area contributed by atoms with Crippen molar-refractivity contribution < 1.29 is 38.6 Å². The fraction of sp³-hybridized carbons (Fsp3) is 0.488. The molecule has 1 fully saturated rings. The number of rotatable bonds is 27. The number of allylic oxidation sites excluding steroid dienone is 3. The summed E-state index contributed by atoms with van der Waals surface area (Å²) < 4.78 is 4.60. The largest absolute Gasteiger partial charge is 0.481 e. The second kappa shape index (κ2) is 25.2. The van der Waals surface area contributed by atoms with E-state index in [1.165, 1.54) is 76.4 Å². The second-order valence-corrected chi connectivity index (χ2v) is 13.8. The number of cyclic esters (lactones) is 2. The highest BCUT2D eigenvalue weighted by Gasteiger charge is 2.32. The molecule has 3 N–H and O–H groups in total. The smallest absolute Gasteiger partial charge is 0.317 e. The Morgan fingerprint density at radius 3 is 1.91 bits per heavy atom. The number of carbonyl (C=O) groups is 6. The fourth-order valence-corrected chi connectivity index (χ4v) is 6.28. The minimum absolute atomic E-state index is 0.210. The zero-order chi connectivity index (χ0) is 38.1. The Balaban J connectivity index is 1.18. The minimum Gasteiger partial charge on any atom is -0.481 e. The van der Waals surface area contributed by atoms with Gasteiger partial charge in [0, 0.05) is 23.4 Å². The Morgan fingerprint density at radius 1 is 0.717 bits per heavy atom. The number of benzene rings is 2. The van der Waals surface area contributed by atoms with Gasteiger partial charge in [0.15, 0.2) is 5.78 Å². The number of para-hydroxylation sites is 1. The monoisotopic (exact) mass is 728 g/mol. The predicted molar refractivity (Wildman–Crippen MR) is 206 cm³/mol. The van der Waals surface area contributed by atoms with Crippen molar-refractivity contribution >= 4 is 46.9 Å². The number of Topliss-reactive ketones (excluding diaryl/α,β-unsaturated/α-hetero) is 1. The molecule has 0 aromatic heterocycles. The third-order valence-corrected chi connectivity index (χ3v) is 9.29. The summed E-state index contributed by atoms with van der Waals surface area (Å²) in [6.07, 6.45) is 25.3. The lowest BCUT2D eigenvalue weighted by Crippen LogP contribution is -2.21. The Hall–Kier alpha value is -4.86. The first-order chi connectivity index (χ1) is 25.7. The van der Waals surface area contributed by atoms with Crippen molar-refractivity contribution in [3.05, 3.63) is 84.5 Å². The number of hydrogen-bond donors (Lipinski definition) is 3. The molecule has 2 atom stereocenters. The highest BCUT2D eigenvalue weighted by atomic mass is 16.6. The molecule has 1 heterocycles. The van der Waals surface area contributed by atoms with Crippen LogP contribution in [0, 0.1) is 11.8 Å². The topological polar surface area (TPSA) is 156 Å². The van der Waals surface area contributed by atoms with Crippen molar-refractivity contribution in [2.45, 2.75) is 122 Å². The Morgan fingerprint density at radius 2 is 1.30 bits per heavy atom. The van der Waals surface area contributed by atoms with Crippen LogP contribution in [0.1, 0.15) is 132 Å². The van der Waals surface area contributed by atoms with E-state index in [2.05, 4.69) is 15.4 Å². The molecule has 10 heteroatoms. The van der Waals surface area contributed by atoms with Crippen LogP contribution in [-0.4, -0.2) is 40.6 Å². The summed E-state index contributed by atoms with van der Waals surface area (Å²) in [7, 11) is 0. The summed E-state index contributed by atoms with van der Waals surface area (Å²) in [6.45, 7) is 0. The van der Waals surface area contributed by atoms with Gasteiger partial charge >= 0.3 is 17.9 Å². The molecule has 2 aromatic rings. The molecule has 1 aliphatic heterocycles. The van der Waals surface area contributed by atoms with E-state index < -0.39 is 29.5 Å². The maximum atomic E-state index is 12.7. The summed E-state index contributed by atoms with van der Waals surface area (Å²) in [6, 6.07) is 15.1. The summed E-state index contributed by atoms with van der Waals surface area (Å²) in [5, 5.41) is 15.0. The lowest BCUT2D eigenvalue weighted by Gasteiger charge is -2.10. The highest BCUT2D eigenvalue weighted by Crippen LogP contribution is 2.23. The van der Waals surface area contributed by atoms with E-state index in [0.717, 1.165) is 38.5 Å². The van der Waals surface area contributed by atoms with Gasteiger partial charge in [-0.15, -0.1) is 0 Å². The van der Waals surface area contributed by atoms with Gasteiger partial charge in [-0.3, -0.25) is 28.8 Å². The summed E-state index contributed by atoms with van der Waals surface area (Å²) in [5.41, 5.74) is 1.20. The molecule has 0 spiro atoms. The summed E-state index contributed by atoms with van der Waals surface area (Å²) >= 11 is 0. The van der Waals surface area contributed by atoms with Crippen LogP contribution >= 0.6 is 0 Å². The van der Waals surface area contributed by atoms with Crippen LogP contribution in [-0.2, 0) is 28.7 Å². The van der Waals surface area contributed by atoms with Crippen LogP contribution in [0.3, 0.4) is 0 Å². The fourth-order valence-electron chi connectivity index (χ4n) is 6.28. The summed E-state index contributed by atoms with van der Waals surface area (Å²) in [4.78, 5) is 71.9. The molecule has 0 saturated carbocycles. The van der Waals surface area contributed by atoms with Gasteiger partial charge in [0.05, 0.1) is 24.7 Å². The number of ether oxygens (including phenoxy) is 1. The van der Waals surface area contributed by atoms with Crippen molar-refractivity contribution in [3.8, 4) is 0 Å². The standard InChI is InChI=1S/C43H56N2O8/c46-38(32-40(48)44-36-26-20-17-21-27-36)33-25-22-28-37(29-33)45-39(47)30-34(42(50)51)23-18-15-13-11-9-7-5-3-1-2-4-6-8-10-12-14-16-19-24-35-31-41(49)53-43(35)52/h13,15,17-18,20-23,25-29,34-35H,1-12,14,16,19,24,30-32H2,(H,44,48)(H,45,47)(H,50,51). The number of carbonyl (C=O) groups excluding carboxylic acids is 5. The normalized spacial score (nSPS) is 14.8. The zero-order valence-electron chi connectivity index (χ0n) is 30.9. The first-order valence-corrected chi connectivity index (χ1v) is 19.3. The molecule has 1 saturated heterocycles. The van der Waals surface area contributed by atoms with Gasteiger partial charge in [-0.2, -0.15) is 0 Å². The third kappa shape index (κ3) is 18.5. The number of amides is 2. The van der Waals surface area contributed by atoms with E-state index in [0.29, 0.717) is 11.4 Å². The van der Waals surface area contributed by atoms with Gasteiger partial charge in [-0.1, -0.05) is 138 Å². The molecule has 0 radical (unpaired) electrons. The Labute approximate surface area is 313 Å². The van der Waals surface area contributed by atoms with Gasteiger partial charge in [0.2, 0.25) is 11.8 Å². The van der Waals surface area contributed by atoms with Crippen molar-refractivity contribution in [3.63, 3.8) is 0 Å². The minimum atomic E-state index is -1.10. The van der Waals surface area contributed by atoms with Crippen LogP contribution < -0.4 is 10.6 Å². The maximum Gasteiger partial charge on any atom is 0.317 e. The molecule has 286 valence electrons.